The molecule has 1 aliphatic carbocycles. The smallest absolute Gasteiger partial charge is 0.237 e. The van der Waals surface area contributed by atoms with Crippen LogP contribution in [-0.4, -0.2) is 51.7 Å². The maximum Gasteiger partial charge on any atom is 0.237 e. The first-order valence-corrected chi connectivity index (χ1v) is 10.3. The van der Waals surface area contributed by atoms with E-state index in [1.807, 2.05) is 31.5 Å². The van der Waals surface area contributed by atoms with Gasteiger partial charge in [-0.15, -0.1) is 0 Å². The predicted octanol–water partition coefficient (Wildman–Crippen LogP) is 2.56. The Kier molecular flexibility index (Phi) is 6.52. The highest BCUT2D eigenvalue weighted by atomic mass is 16.2. The van der Waals surface area contributed by atoms with Gasteiger partial charge in [-0.05, 0) is 46.5 Å². The molecule has 0 unspecified atom stereocenters. The van der Waals surface area contributed by atoms with Gasteiger partial charge < -0.3 is 10.6 Å². The average molecular weight is 376 g/mol. The van der Waals surface area contributed by atoms with Crippen LogP contribution in [0.2, 0.25) is 0 Å². The number of hydrogen-bond donors (Lipinski definition) is 2. The Morgan fingerprint density at radius 2 is 1.78 bits per heavy atom. The molecule has 1 atom stereocenters. The fourth-order valence-corrected chi connectivity index (χ4v) is 4.21. The molecule has 27 heavy (non-hydrogen) atoms. The quantitative estimate of drug-likeness (QED) is 0.801. The molecule has 1 saturated heterocycles. The maximum atomic E-state index is 12.4. The Morgan fingerprint density at radius 1 is 1.11 bits per heavy atom. The highest BCUT2D eigenvalue weighted by molar-refractivity contribution is 5.91. The highest BCUT2D eigenvalue weighted by Gasteiger charge is 2.29. The summed E-state index contributed by atoms with van der Waals surface area (Å²) in [5.74, 6) is 1.17. The average Bonchev–Trinajstić information content (AvgIpc) is 3.32. The van der Waals surface area contributed by atoms with E-state index in [4.69, 9.17) is 0 Å². The molecule has 3 rings (SSSR count). The molecule has 2 amide bonds. The number of aromatic nitrogens is 2. The van der Waals surface area contributed by atoms with Crippen molar-refractivity contribution in [1.82, 2.24) is 20.0 Å². The van der Waals surface area contributed by atoms with Gasteiger partial charge in [-0.2, -0.15) is 5.10 Å². The summed E-state index contributed by atoms with van der Waals surface area (Å²) in [5.41, 5.74) is 0. The summed E-state index contributed by atoms with van der Waals surface area (Å²) >= 11 is 0. The van der Waals surface area contributed by atoms with Crippen molar-refractivity contribution in [3.63, 3.8) is 0 Å². The van der Waals surface area contributed by atoms with Gasteiger partial charge in [0.05, 0.1) is 18.3 Å². The summed E-state index contributed by atoms with van der Waals surface area (Å²) < 4.78 is 1.96. The van der Waals surface area contributed by atoms with E-state index < -0.39 is 0 Å². The zero-order valence-corrected chi connectivity index (χ0v) is 16.8. The molecule has 0 spiro atoms. The van der Waals surface area contributed by atoms with Crippen molar-refractivity contribution in [3.05, 3.63) is 12.3 Å². The molecule has 1 aromatic heterocycles. The van der Waals surface area contributed by atoms with Crippen LogP contribution < -0.4 is 10.6 Å². The molecular formula is C20H33N5O2. The summed E-state index contributed by atoms with van der Waals surface area (Å²) in [6, 6.07) is 2.19. The Hall–Kier alpha value is -1.89. The van der Waals surface area contributed by atoms with Crippen molar-refractivity contribution in [2.24, 2.45) is 5.92 Å². The van der Waals surface area contributed by atoms with E-state index in [9.17, 15) is 9.59 Å². The number of carbonyl (C=O) groups excluding carboxylic acids is 2. The van der Waals surface area contributed by atoms with Crippen molar-refractivity contribution < 1.29 is 9.59 Å². The number of anilines is 1. The van der Waals surface area contributed by atoms with Crippen molar-refractivity contribution in [3.8, 4) is 0 Å². The van der Waals surface area contributed by atoms with Gasteiger partial charge in [0.1, 0.15) is 5.82 Å². The highest BCUT2D eigenvalue weighted by Crippen LogP contribution is 2.29. The molecule has 0 bridgehead atoms. The van der Waals surface area contributed by atoms with Crippen molar-refractivity contribution >= 4 is 17.6 Å². The van der Waals surface area contributed by atoms with E-state index in [1.54, 1.807) is 6.20 Å². The minimum atomic E-state index is -0.118. The molecule has 2 fully saturated rings. The molecular weight excluding hydrogens is 342 g/mol. The molecule has 2 aliphatic rings. The lowest BCUT2D eigenvalue weighted by Gasteiger charge is -2.36. The number of piperidine rings is 1. The van der Waals surface area contributed by atoms with Crippen LogP contribution in [0.1, 0.15) is 65.3 Å². The van der Waals surface area contributed by atoms with E-state index in [1.165, 1.54) is 0 Å². The fourth-order valence-electron chi connectivity index (χ4n) is 4.21. The lowest BCUT2D eigenvalue weighted by molar-refractivity contribution is -0.127. The Bertz CT molecular complexity index is 643. The molecule has 1 saturated carbocycles. The first-order valence-electron chi connectivity index (χ1n) is 10.3. The molecule has 150 valence electrons. The summed E-state index contributed by atoms with van der Waals surface area (Å²) in [6.07, 6.45) is 7.90. The molecule has 0 radical (unpaired) electrons. The molecule has 0 aromatic carbocycles. The van der Waals surface area contributed by atoms with Gasteiger partial charge in [0.2, 0.25) is 11.8 Å². The SMILES string of the molecule is CC(C)NC(=O)[C@H](C)N1CCC(n2nccc2NC(=O)C2CCCC2)CC1. The Labute approximate surface area is 161 Å². The van der Waals surface area contributed by atoms with Crippen LogP contribution in [-0.2, 0) is 9.59 Å². The van der Waals surface area contributed by atoms with Crippen LogP contribution in [0.4, 0.5) is 5.82 Å². The zero-order valence-electron chi connectivity index (χ0n) is 16.8. The van der Waals surface area contributed by atoms with Crippen LogP contribution >= 0.6 is 0 Å². The first kappa shape index (κ1) is 19.9. The van der Waals surface area contributed by atoms with Crippen molar-refractivity contribution in [1.29, 1.82) is 0 Å². The minimum Gasteiger partial charge on any atom is -0.353 e. The summed E-state index contributed by atoms with van der Waals surface area (Å²) in [6.45, 7) is 7.64. The van der Waals surface area contributed by atoms with Crippen molar-refractivity contribution in [2.45, 2.75) is 77.4 Å². The maximum absolute atomic E-state index is 12.4. The lowest BCUT2D eigenvalue weighted by atomic mass is 10.0. The van der Waals surface area contributed by atoms with Gasteiger partial charge in [-0.3, -0.25) is 14.5 Å². The van der Waals surface area contributed by atoms with Gasteiger partial charge in [0.25, 0.3) is 0 Å². The summed E-state index contributed by atoms with van der Waals surface area (Å²) in [7, 11) is 0. The van der Waals surface area contributed by atoms with Gasteiger partial charge in [-0.25, -0.2) is 4.68 Å². The van der Waals surface area contributed by atoms with Gasteiger partial charge in [-0.1, -0.05) is 12.8 Å². The van der Waals surface area contributed by atoms with E-state index in [2.05, 4.69) is 20.6 Å². The molecule has 2 N–H and O–H groups in total. The van der Waals surface area contributed by atoms with Crippen LogP contribution in [0.25, 0.3) is 0 Å². The van der Waals surface area contributed by atoms with Crippen LogP contribution in [0, 0.1) is 5.92 Å². The lowest BCUT2D eigenvalue weighted by Crippen LogP contribution is -2.49. The minimum absolute atomic E-state index is 0.0899. The van der Waals surface area contributed by atoms with E-state index in [0.717, 1.165) is 57.4 Å². The van der Waals surface area contributed by atoms with Crippen LogP contribution in [0.5, 0.6) is 0 Å². The molecule has 2 heterocycles. The molecule has 7 nitrogen and oxygen atoms in total. The van der Waals surface area contributed by atoms with Crippen LogP contribution in [0.15, 0.2) is 12.3 Å². The number of hydrogen-bond acceptors (Lipinski definition) is 4. The van der Waals surface area contributed by atoms with Gasteiger partial charge >= 0.3 is 0 Å². The second kappa shape index (κ2) is 8.87. The van der Waals surface area contributed by atoms with Crippen LogP contribution in [0.3, 0.4) is 0 Å². The van der Waals surface area contributed by atoms with Crippen molar-refractivity contribution in [2.75, 3.05) is 18.4 Å². The second-order valence-electron chi connectivity index (χ2n) is 8.24. The second-order valence-corrected chi connectivity index (χ2v) is 8.24. The number of nitrogens with one attached hydrogen (secondary N) is 2. The number of nitrogens with zero attached hydrogens (tertiary/aromatic N) is 3. The number of carbonyl (C=O) groups is 2. The monoisotopic (exact) mass is 375 g/mol. The van der Waals surface area contributed by atoms with E-state index in [0.29, 0.717) is 0 Å². The number of likely N-dealkylation sites (tertiary alicyclic amines) is 1. The Morgan fingerprint density at radius 3 is 2.41 bits per heavy atom. The number of rotatable bonds is 6. The normalized spacial score (nSPS) is 20.7. The first-order chi connectivity index (χ1) is 13.0. The standard InChI is InChI=1S/C20H33N5O2/c1-14(2)22-19(26)15(3)24-12-9-17(10-13-24)25-18(8-11-21-25)23-20(27)16-6-4-5-7-16/h8,11,14-17H,4-7,9-10,12-13H2,1-3H3,(H,22,26)(H,23,27)/t15-/m0/s1. The predicted molar refractivity (Wildman–Crippen MR) is 105 cm³/mol. The largest absolute Gasteiger partial charge is 0.353 e. The topological polar surface area (TPSA) is 79.3 Å². The third-order valence-corrected chi connectivity index (χ3v) is 5.85. The van der Waals surface area contributed by atoms with E-state index >= 15 is 0 Å². The van der Waals surface area contributed by atoms with Gasteiger partial charge in [0.15, 0.2) is 0 Å². The van der Waals surface area contributed by atoms with Gasteiger partial charge in [0, 0.05) is 31.1 Å². The van der Waals surface area contributed by atoms with E-state index in [-0.39, 0.29) is 35.9 Å². The third kappa shape index (κ3) is 4.89. The molecule has 7 heteroatoms. The molecule has 1 aromatic rings. The fraction of sp³-hybridized carbons (Fsp3) is 0.750. The number of amides is 2. The summed E-state index contributed by atoms with van der Waals surface area (Å²) in [5, 5.41) is 10.5. The third-order valence-electron chi connectivity index (χ3n) is 5.85. The Balaban J connectivity index is 1.55. The zero-order chi connectivity index (χ0) is 19.4. The summed E-state index contributed by atoms with van der Waals surface area (Å²) in [4.78, 5) is 26.9. The molecule has 1 aliphatic heterocycles.